The molecule has 0 saturated carbocycles. The maximum absolute atomic E-state index is 12.9. The molecule has 0 bridgehead atoms. The van der Waals surface area contributed by atoms with E-state index in [1.54, 1.807) is 6.07 Å². The summed E-state index contributed by atoms with van der Waals surface area (Å²) in [5.74, 6) is -1.44. The third-order valence-electron chi connectivity index (χ3n) is 3.59. The molecule has 1 saturated heterocycles. The zero-order valence-corrected chi connectivity index (χ0v) is 10.8. The van der Waals surface area contributed by atoms with Crippen LogP contribution in [0, 0.1) is 11.7 Å². The van der Waals surface area contributed by atoms with Gasteiger partial charge in [0.15, 0.2) is 0 Å². The highest BCUT2D eigenvalue weighted by Gasteiger charge is 2.35. The quantitative estimate of drug-likeness (QED) is 0.919. The lowest BCUT2D eigenvalue weighted by Crippen LogP contribution is -2.32. The molecule has 1 heterocycles. The van der Waals surface area contributed by atoms with Crippen molar-refractivity contribution in [3.8, 4) is 0 Å². The van der Waals surface area contributed by atoms with Crippen LogP contribution in [0.3, 0.4) is 0 Å². The smallest absolute Gasteiger partial charge is 0.308 e. The van der Waals surface area contributed by atoms with Crippen LogP contribution in [-0.2, 0) is 11.3 Å². The lowest BCUT2D eigenvalue weighted by atomic mass is 10.0. The van der Waals surface area contributed by atoms with Crippen molar-refractivity contribution < 1.29 is 14.3 Å². The lowest BCUT2D eigenvalue weighted by molar-refractivity contribution is -0.142. The average molecular weight is 272 g/mol. The van der Waals surface area contributed by atoms with Crippen LogP contribution in [0.2, 0.25) is 5.02 Å². The molecule has 1 N–H and O–H groups in total. The molecule has 1 aliphatic rings. The second-order valence-corrected chi connectivity index (χ2v) is 5.09. The fourth-order valence-corrected chi connectivity index (χ4v) is 2.65. The summed E-state index contributed by atoms with van der Waals surface area (Å²) in [5, 5.41) is 9.45. The highest BCUT2D eigenvalue weighted by Crippen LogP contribution is 2.28. The van der Waals surface area contributed by atoms with E-state index in [0.717, 1.165) is 12.1 Å². The van der Waals surface area contributed by atoms with E-state index in [-0.39, 0.29) is 17.8 Å². The Morgan fingerprint density at radius 2 is 2.33 bits per heavy atom. The highest BCUT2D eigenvalue weighted by molar-refractivity contribution is 6.31. The van der Waals surface area contributed by atoms with E-state index in [1.807, 2.05) is 6.92 Å². The second-order valence-electron chi connectivity index (χ2n) is 4.68. The average Bonchev–Trinajstić information content (AvgIpc) is 2.64. The highest BCUT2D eigenvalue weighted by atomic mass is 35.5. The van der Waals surface area contributed by atoms with Gasteiger partial charge in [-0.15, -0.1) is 0 Å². The summed E-state index contributed by atoms with van der Waals surface area (Å²) < 4.78 is 12.9. The number of halogens is 2. The van der Waals surface area contributed by atoms with Crippen molar-refractivity contribution in [2.45, 2.75) is 25.9 Å². The molecule has 0 aromatic heterocycles. The maximum atomic E-state index is 12.9. The number of carboxylic acid groups (broad SMARTS) is 1. The molecule has 1 aromatic carbocycles. The first-order valence-corrected chi connectivity index (χ1v) is 6.27. The molecule has 2 rings (SSSR count). The van der Waals surface area contributed by atoms with Gasteiger partial charge in [-0.1, -0.05) is 17.7 Å². The van der Waals surface area contributed by atoms with E-state index < -0.39 is 5.97 Å². The van der Waals surface area contributed by atoms with E-state index in [2.05, 4.69) is 4.90 Å². The molecule has 0 radical (unpaired) electrons. The van der Waals surface area contributed by atoms with E-state index in [4.69, 9.17) is 16.7 Å². The largest absolute Gasteiger partial charge is 0.481 e. The number of carboxylic acids is 1. The zero-order chi connectivity index (χ0) is 13.3. The van der Waals surface area contributed by atoms with Crippen molar-refractivity contribution in [3.05, 3.63) is 34.6 Å². The fraction of sp³-hybridized carbons (Fsp3) is 0.462. The summed E-state index contributed by atoms with van der Waals surface area (Å²) in [6, 6.07) is 4.28. The molecule has 2 unspecified atom stereocenters. The van der Waals surface area contributed by atoms with Gasteiger partial charge in [0.25, 0.3) is 0 Å². The minimum Gasteiger partial charge on any atom is -0.481 e. The number of rotatable bonds is 3. The number of carbonyl (C=O) groups is 1. The fourth-order valence-electron chi connectivity index (χ4n) is 2.43. The van der Waals surface area contributed by atoms with Crippen LogP contribution < -0.4 is 0 Å². The van der Waals surface area contributed by atoms with Crippen LogP contribution >= 0.6 is 11.6 Å². The van der Waals surface area contributed by atoms with Crippen molar-refractivity contribution in [2.75, 3.05) is 6.54 Å². The summed E-state index contributed by atoms with van der Waals surface area (Å²) in [6.45, 7) is 3.19. The van der Waals surface area contributed by atoms with Gasteiger partial charge in [-0.25, -0.2) is 4.39 Å². The summed E-state index contributed by atoms with van der Waals surface area (Å²) in [6.07, 6.45) is 0.648. The molecule has 0 aliphatic carbocycles. The monoisotopic (exact) mass is 271 g/mol. The van der Waals surface area contributed by atoms with E-state index in [0.29, 0.717) is 18.0 Å². The van der Waals surface area contributed by atoms with E-state index in [9.17, 15) is 9.18 Å². The second kappa shape index (κ2) is 5.24. The molecule has 0 amide bonds. The van der Waals surface area contributed by atoms with Gasteiger partial charge in [0, 0.05) is 17.6 Å². The number of benzene rings is 1. The van der Waals surface area contributed by atoms with Gasteiger partial charge in [-0.2, -0.15) is 0 Å². The normalized spacial score (nSPS) is 24.4. The predicted molar refractivity (Wildman–Crippen MR) is 67.0 cm³/mol. The van der Waals surface area contributed by atoms with Crippen LogP contribution in [-0.4, -0.2) is 28.6 Å². The molecular weight excluding hydrogens is 257 g/mol. The van der Waals surface area contributed by atoms with E-state index in [1.165, 1.54) is 12.1 Å². The Morgan fingerprint density at radius 1 is 1.61 bits per heavy atom. The lowest BCUT2D eigenvalue weighted by Gasteiger charge is -2.23. The molecule has 1 aromatic rings. The van der Waals surface area contributed by atoms with E-state index >= 15 is 0 Å². The zero-order valence-electron chi connectivity index (χ0n) is 10.1. The Bertz CT molecular complexity index is 466. The third-order valence-corrected chi connectivity index (χ3v) is 3.94. The van der Waals surface area contributed by atoms with Crippen LogP contribution in [0.5, 0.6) is 0 Å². The summed E-state index contributed by atoms with van der Waals surface area (Å²) in [7, 11) is 0. The number of hydrogen-bond acceptors (Lipinski definition) is 2. The molecular formula is C13H15ClFNO2. The number of aliphatic carboxylic acids is 1. The Balaban J connectivity index is 2.09. The van der Waals surface area contributed by atoms with Gasteiger partial charge in [-0.3, -0.25) is 9.69 Å². The Labute approximate surface area is 110 Å². The van der Waals surface area contributed by atoms with Crippen molar-refractivity contribution >= 4 is 17.6 Å². The van der Waals surface area contributed by atoms with Gasteiger partial charge in [0.1, 0.15) is 5.82 Å². The number of likely N-dealkylation sites (tertiary alicyclic amines) is 1. The Morgan fingerprint density at radius 3 is 2.89 bits per heavy atom. The van der Waals surface area contributed by atoms with Crippen molar-refractivity contribution in [1.29, 1.82) is 0 Å². The molecule has 18 heavy (non-hydrogen) atoms. The maximum Gasteiger partial charge on any atom is 0.308 e. The van der Waals surface area contributed by atoms with Gasteiger partial charge in [0.05, 0.1) is 5.92 Å². The van der Waals surface area contributed by atoms with Crippen molar-refractivity contribution in [2.24, 2.45) is 5.92 Å². The van der Waals surface area contributed by atoms with Gasteiger partial charge in [-0.05, 0) is 37.6 Å². The van der Waals surface area contributed by atoms with Crippen LogP contribution in [0.25, 0.3) is 0 Å². The SMILES string of the molecule is CC1C(C(=O)O)CCN1Cc1ccc(F)cc1Cl. The molecule has 0 spiro atoms. The van der Waals surface area contributed by atoms with Crippen molar-refractivity contribution in [3.63, 3.8) is 0 Å². The standard InChI is InChI=1S/C13H15ClFNO2/c1-8-11(13(17)18)4-5-16(8)7-9-2-3-10(15)6-12(9)14/h2-3,6,8,11H,4-5,7H2,1H3,(H,17,18). The topological polar surface area (TPSA) is 40.5 Å². The van der Waals surface area contributed by atoms with Crippen molar-refractivity contribution in [1.82, 2.24) is 4.90 Å². The number of nitrogens with zero attached hydrogens (tertiary/aromatic N) is 1. The molecule has 3 nitrogen and oxygen atoms in total. The summed E-state index contributed by atoms with van der Waals surface area (Å²) in [4.78, 5) is 13.1. The molecule has 1 aliphatic heterocycles. The molecule has 1 fully saturated rings. The first-order chi connectivity index (χ1) is 8.49. The molecule has 98 valence electrons. The Kier molecular flexibility index (Phi) is 3.88. The first-order valence-electron chi connectivity index (χ1n) is 5.90. The van der Waals surface area contributed by atoms with Crippen LogP contribution in [0.4, 0.5) is 4.39 Å². The van der Waals surface area contributed by atoms with Crippen LogP contribution in [0.1, 0.15) is 18.9 Å². The molecule has 2 atom stereocenters. The summed E-state index contributed by atoms with van der Waals surface area (Å²) in [5.41, 5.74) is 0.830. The Hall–Kier alpha value is -1.13. The number of hydrogen-bond donors (Lipinski definition) is 1. The first kappa shape index (κ1) is 13.3. The van der Waals surface area contributed by atoms with Gasteiger partial charge >= 0.3 is 5.97 Å². The molecule has 5 heteroatoms. The summed E-state index contributed by atoms with van der Waals surface area (Å²) >= 11 is 5.97. The minimum absolute atomic E-state index is 0.0244. The minimum atomic E-state index is -0.754. The van der Waals surface area contributed by atoms with Gasteiger partial charge < -0.3 is 5.11 Å². The van der Waals surface area contributed by atoms with Crippen LogP contribution in [0.15, 0.2) is 18.2 Å². The third kappa shape index (κ3) is 2.65. The van der Waals surface area contributed by atoms with Gasteiger partial charge in [0.2, 0.25) is 0 Å². The predicted octanol–water partition coefficient (Wildman–Crippen LogP) is 2.77.